The van der Waals surface area contributed by atoms with Gasteiger partial charge in [-0.15, -0.1) is 11.8 Å². The van der Waals surface area contributed by atoms with Crippen LogP contribution >= 0.6 is 11.8 Å². The van der Waals surface area contributed by atoms with Crippen LogP contribution in [0.3, 0.4) is 0 Å². The zero-order valence-electron chi connectivity index (χ0n) is 12.1. The van der Waals surface area contributed by atoms with Gasteiger partial charge in [0.15, 0.2) is 0 Å². The van der Waals surface area contributed by atoms with Crippen LogP contribution < -0.4 is 10.1 Å². The fourth-order valence-corrected chi connectivity index (χ4v) is 4.35. The van der Waals surface area contributed by atoms with Gasteiger partial charge in [-0.2, -0.15) is 0 Å². The number of nitrogens with one attached hydrogen (secondary N) is 1. The summed E-state index contributed by atoms with van der Waals surface area (Å²) in [6.07, 6.45) is 1.36. The smallest absolute Gasteiger partial charge is 0.248 e. The second-order valence-electron chi connectivity index (χ2n) is 5.48. The molecule has 0 bridgehead atoms. The van der Waals surface area contributed by atoms with Crippen LogP contribution in [0.15, 0.2) is 24.3 Å². The van der Waals surface area contributed by atoms with Crippen LogP contribution in [0.5, 0.6) is 5.75 Å². The average Bonchev–Trinajstić information content (AvgIpc) is 2.97. The van der Waals surface area contributed by atoms with Crippen molar-refractivity contribution in [3.63, 3.8) is 0 Å². The van der Waals surface area contributed by atoms with E-state index in [1.807, 2.05) is 6.92 Å². The maximum absolute atomic E-state index is 12.5. The van der Waals surface area contributed by atoms with Gasteiger partial charge in [0.25, 0.3) is 0 Å². The van der Waals surface area contributed by atoms with Gasteiger partial charge in [0.05, 0.1) is 12.0 Å². The second kappa shape index (κ2) is 5.26. The Balaban J connectivity index is 1.72. The number of amides is 2. The van der Waals surface area contributed by atoms with Crippen molar-refractivity contribution in [3.8, 4) is 5.75 Å². The van der Waals surface area contributed by atoms with Crippen LogP contribution in [0.2, 0.25) is 0 Å². The van der Waals surface area contributed by atoms with E-state index in [1.54, 1.807) is 48.0 Å². The molecule has 2 atom stereocenters. The summed E-state index contributed by atoms with van der Waals surface area (Å²) in [4.78, 5) is 26.0. The molecule has 0 aromatic heterocycles. The van der Waals surface area contributed by atoms with E-state index in [2.05, 4.69) is 5.32 Å². The summed E-state index contributed by atoms with van der Waals surface area (Å²) in [5, 5.41) is 2.88. The molecular weight excluding hydrogens is 288 g/mol. The van der Waals surface area contributed by atoms with E-state index < -0.39 is 0 Å². The van der Waals surface area contributed by atoms with E-state index in [0.29, 0.717) is 17.9 Å². The number of hydrogen-bond acceptors (Lipinski definition) is 4. The number of thioether (sulfide) groups is 1. The highest BCUT2D eigenvalue weighted by molar-refractivity contribution is 8.01. The largest absolute Gasteiger partial charge is 0.497 e. The Morgan fingerprint density at radius 3 is 2.81 bits per heavy atom. The third kappa shape index (κ3) is 2.48. The van der Waals surface area contributed by atoms with Crippen LogP contribution in [0.25, 0.3) is 0 Å². The molecule has 2 aliphatic heterocycles. The molecule has 5 nitrogen and oxygen atoms in total. The van der Waals surface area contributed by atoms with Gasteiger partial charge < -0.3 is 15.0 Å². The van der Waals surface area contributed by atoms with Gasteiger partial charge in [-0.3, -0.25) is 9.59 Å². The molecule has 1 aromatic rings. The lowest BCUT2D eigenvalue weighted by Crippen LogP contribution is -2.48. The van der Waals surface area contributed by atoms with Gasteiger partial charge in [-0.05, 0) is 37.6 Å². The van der Waals surface area contributed by atoms with Crippen LogP contribution in [-0.4, -0.2) is 40.5 Å². The minimum absolute atomic E-state index is 0.0809. The number of ether oxygens (including phenoxy) is 1. The summed E-state index contributed by atoms with van der Waals surface area (Å²) in [7, 11) is 1.60. The van der Waals surface area contributed by atoms with Gasteiger partial charge in [0.2, 0.25) is 11.8 Å². The number of methoxy groups -OCH3 is 1. The number of benzene rings is 1. The van der Waals surface area contributed by atoms with E-state index in [-0.39, 0.29) is 22.7 Å². The number of fused-ring (bicyclic) bond motifs is 1. The van der Waals surface area contributed by atoms with E-state index in [9.17, 15) is 9.59 Å². The number of nitrogens with zero attached hydrogens (tertiary/aromatic N) is 1. The molecule has 0 radical (unpaired) electrons. The molecule has 2 heterocycles. The predicted molar refractivity (Wildman–Crippen MR) is 82.4 cm³/mol. The molecule has 0 aliphatic carbocycles. The summed E-state index contributed by atoms with van der Waals surface area (Å²) in [6, 6.07) is 6.80. The van der Waals surface area contributed by atoms with Crippen molar-refractivity contribution in [3.05, 3.63) is 24.3 Å². The van der Waals surface area contributed by atoms with Crippen molar-refractivity contribution < 1.29 is 14.3 Å². The predicted octanol–water partition coefficient (Wildman–Crippen LogP) is 2.09. The fourth-order valence-electron chi connectivity index (χ4n) is 2.91. The molecular formula is C15H18N2O3S. The molecule has 0 saturated carbocycles. The Morgan fingerprint density at radius 2 is 2.14 bits per heavy atom. The molecule has 1 aromatic carbocycles. The summed E-state index contributed by atoms with van der Waals surface area (Å²) in [5.41, 5.74) is 0.714. The highest BCUT2D eigenvalue weighted by Gasteiger charge is 2.52. The Bertz CT molecular complexity index is 575. The molecule has 2 amide bonds. The first-order valence-electron chi connectivity index (χ1n) is 6.94. The molecule has 0 spiro atoms. The topological polar surface area (TPSA) is 58.6 Å². The normalized spacial score (nSPS) is 27.6. The molecule has 0 unspecified atom stereocenters. The number of rotatable bonds is 3. The molecule has 6 heteroatoms. The van der Waals surface area contributed by atoms with Crippen molar-refractivity contribution in [2.45, 2.75) is 30.7 Å². The third-order valence-corrected chi connectivity index (χ3v) is 5.61. The molecule has 2 saturated heterocycles. The van der Waals surface area contributed by atoms with Crippen LogP contribution in [0.1, 0.15) is 19.8 Å². The minimum Gasteiger partial charge on any atom is -0.497 e. The average molecular weight is 306 g/mol. The van der Waals surface area contributed by atoms with Crippen LogP contribution in [0, 0.1) is 0 Å². The molecule has 2 fully saturated rings. The Morgan fingerprint density at radius 1 is 1.43 bits per heavy atom. The lowest BCUT2D eigenvalue weighted by molar-refractivity contribution is -0.135. The van der Waals surface area contributed by atoms with Crippen LogP contribution in [-0.2, 0) is 9.59 Å². The number of anilines is 1. The Kier molecular flexibility index (Phi) is 3.57. The fraction of sp³-hybridized carbons (Fsp3) is 0.467. The molecule has 2 aliphatic rings. The van der Waals surface area contributed by atoms with Gasteiger partial charge in [-0.25, -0.2) is 0 Å². The lowest BCUT2D eigenvalue weighted by Gasteiger charge is -2.29. The van der Waals surface area contributed by atoms with Crippen molar-refractivity contribution >= 4 is 29.3 Å². The van der Waals surface area contributed by atoms with Gasteiger partial charge in [0.1, 0.15) is 11.8 Å². The van der Waals surface area contributed by atoms with E-state index in [1.165, 1.54) is 0 Å². The lowest BCUT2D eigenvalue weighted by atomic mass is 10.2. The standard InChI is InChI=1S/C15H18N2O3S/c1-15-8-7-13(18)17(15)12(9-21-15)14(19)16-10-3-5-11(20-2)6-4-10/h3-6,12H,7-9H2,1-2H3,(H,16,19)/t12-,15-/m1/s1. The molecule has 1 N–H and O–H groups in total. The van der Waals surface area contributed by atoms with Gasteiger partial charge in [-0.1, -0.05) is 0 Å². The highest BCUT2D eigenvalue weighted by atomic mass is 32.2. The highest BCUT2D eigenvalue weighted by Crippen LogP contribution is 2.47. The summed E-state index contributed by atoms with van der Waals surface area (Å²) < 4.78 is 5.09. The van der Waals surface area contributed by atoms with Crippen molar-refractivity contribution in [2.75, 3.05) is 18.2 Å². The number of carbonyl (C=O) groups is 2. The zero-order chi connectivity index (χ0) is 15.0. The SMILES string of the molecule is COc1ccc(NC(=O)[C@H]2CS[C@]3(C)CCC(=O)N23)cc1. The second-order valence-corrected chi connectivity index (χ2v) is 6.98. The first-order valence-corrected chi connectivity index (χ1v) is 7.93. The maximum atomic E-state index is 12.5. The number of hydrogen-bond donors (Lipinski definition) is 1. The molecule has 21 heavy (non-hydrogen) atoms. The Hall–Kier alpha value is -1.69. The minimum atomic E-state index is -0.378. The van der Waals surface area contributed by atoms with Crippen molar-refractivity contribution in [1.82, 2.24) is 4.90 Å². The first-order chi connectivity index (χ1) is 10.0. The summed E-state index contributed by atoms with van der Waals surface area (Å²) in [5.74, 6) is 1.36. The Labute approximate surface area is 128 Å². The molecule has 112 valence electrons. The van der Waals surface area contributed by atoms with E-state index in [0.717, 1.165) is 12.2 Å². The summed E-state index contributed by atoms with van der Waals surface area (Å²) >= 11 is 1.70. The quantitative estimate of drug-likeness (QED) is 0.929. The summed E-state index contributed by atoms with van der Waals surface area (Å²) in [6.45, 7) is 2.04. The third-order valence-electron chi connectivity index (χ3n) is 4.11. The monoisotopic (exact) mass is 306 g/mol. The van der Waals surface area contributed by atoms with Gasteiger partial charge >= 0.3 is 0 Å². The van der Waals surface area contributed by atoms with E-state index >= 15 is 0 Å². The number of carbonyl (C=O) groups excluding carboxylic acids is 2. The zero-order valence-corrected chi connectivity index (χ0v) is 12.9. The first kappa shape index (κ1) is 14.3. The van der Waals surface area contributed by atoms with Crippen molar-refractivity contribution in [2.24, 2.45) is 0 Å². The van der Waals surface area contributed by atoms with Gasteiger partial charge in [0, 0.05) is 17.9 Å². The van der Waals surface area contributed by atoms with Crippen molar-refractivity contribution in [1.29, 1.82) is 0 Å². The molecule has 3 rings (SSSR count). The maximum Gasteiger partial charge on any atom is 0.248 e. The van der Waals surface area contributed by atoms with E-state index in [4.69, 9.17) is 4.74 Å². The van der Waals surface area contributed by atoms with Crippen LogP contribution in [0.4, 0.5) is 5.69 Å².